The van der Waals surface area contributed by atoms with Gasteiger partial charge in [0.1, 0.15) is 5.84 Å². The number of amidine groups is 1. The Bertz CT molecular complexity index is 832. The molecule has 2 aromatic rings. The van der Waals surface area contributed by atoms with Gasteiger partial charge in [0.05, 0.1) is 11.4 Å². The van der Waals surface area contributed by atoms with E-state index in [0.717, 1.165) is 37.3 Å². The van der Waals surface area contributed by atoms with Crippen molar-refractivity contribution in [2.24, 2.45) is 15.7 Å². The number of halogens is 1. The zero-order valence-electron chi connectivity index (χ0n) is 14.8. The van der Waals surface area contributed by atoms with Crippen molar-refractivity contribution in [2.45, 2.75) is 39.5 Å². The lowest BCUT2D eigenvalue weighted by atomic mass is 10.3. The Balaban J connectivity index is 1.74. The van der Waals surface area contributed by atoms with Crippen LogP contribution < -0.4 is 5.73 Å². The van der Waals surface area contributed by atoms with Crippen molar-refractivity contribution in [3.05, 3.63) is 22.4 Å². The summed E-state index contributed by atoms with van der Waals surface area (Å²) in [6.45, 7) is 5.81. The number of aryl methyl sites for hydroxylation is 3. The van der Waals surface area contributed by atoms with Crippen LogP contribution in [-0.2, 0) is 6.42 Å². The average Bonchev–Trinajstić information content (AvgIpc) is 3.22. The predicted molar refractivity (Wildman–Crippen MR) is 99.4 cm³/mol. The standard InChI is InChI=1S/C16H23ClN8/c1-10-11(2)25-15(20-10)14(17)21-13(23-25)7-6-12(19-3)22-16(18)24-8-4-5-9-24/h4-9H2,1-3H3,(H2,18,19,22). The summed E-state index contributed by atoms with van der Waals surface area (Å²) in [4.78, 5) is 19.5. The van der Waals surface area contributed by atoms with E-state index in [1.807, 2.05) is 13.8 Å². The summed E-state index contributed by atoms with van der Waals surface area (Å²) in [6.07, 6.45) is 3.49. The van der Waals surface area contributed by atoms with Crippen LogP contribution in [0.5, 0.6) is 0 Å². The van der Waals surface area contributed by atoms with E-state index in [2.05, 4.69) is 30.0 Å². The fourth-order valence-corrected chi connectivity index (χ4v) is 3.07. The van der Waals surface area contributed by atoms with Crippen molar-refractivity contribution in [1.82, 2.24) is 24.5 Å². The minimum atomic E-state index is 0.358. The number of rotatable bonds is 3. The van der Waals surface area contributed by atoms with E-state index in [1.165, 1.54) is 0 Å². The number of hydrogen-bond acceptors (Lipinski definition) is 4. The van der Waals surface area contributed by atoms with E-state index in [-0.39, 0.29) is 0 Å². The minimum absolute atomic E-state index is 0.358. The molecule has 1 saturated heterocycles. The maximum absolute atomic E-state index is 6.25. The second kappa shape index (κ2) is 7.35. The molecule has 1 aliphatic rings. The highest BCUT2D eigenvalue weighted by Crippen LogP contribution is 2.17. The molecule has 1 fully saturated rings. The number of fused-ring (bicyclic) bond motifs is 1. The lowest BCUT2D eigenvalue weighted by Gasteiger charge is -2.15. The van der Waals surface area contributed by atoms with Crippen LogP contribution in [0.2, 0.25) is 5.15 Å². The largest absolute Gasteiger partial charge is 0.369 e. The second-order valence-electron chi connectivity index (χ2n) is 6.14. The molecular formula is C16H23ClN8. The molecule has 0 radical (unpaired) electrons. The first kappa shape index (κ1) is 17.6. The number of nitrogens with zero attached hydrogens (tertiary/aromatic N) is 7. The summed E-state index contributed by atoms with van der Waals surface area (Å²) in [7, 11) is 1.72. The molecule has 0 unspecified atom stereocenters. The molecule has 2 aromatic heterocycles. The van der Waals surface area contributed by atoms with Gasteiger partial charge in [-0.1, -0.05) is 11.6 Å². The molecule has 0 atom stereocenters. The Morgan fingerprint density at radius 2 is 1.96 bits per heavy atom. The molecule has 2 N–H and O–H groups in total. The van der Waals surface area contributed by atoms with Gasteiger partial charge in [0.15, 0.2) is 22.6 Å². The highest BCUT2D eigenvalue weighted by atomic mass is 35.5. The van der Waals surface area contributed by atoms with Gasteiger partial charge in [0, 0.05) is 33.0 Å². The monoisotopic (exact) mass is 362 g/mol. The zero-order valence-corrected chi connectivity index (χ0v) is 15.6. The summed E-state index contributed by atoms with van der Waals surface area (Å²) >= 11 is 6.25. The maximum atomic E-state index is 6.25. The molecule has 134 valence electrons. The number of aromatic nitrogens is 4. The predicted octanol–water partition coefficient (Wildman–Crippen LogP) is 1.77. The van der Waals surface area contributed by atoms with Crippen LogP contribution in [0.1, 0.15) is 36.5 Å². The molecule has 0 bridgehead atoms. The Morgan fingerprint density at radius 3 is 2.64 bits per heavy atom. The zero-order chi connectivity index (χ0) is 18.0. The molecule has 0 spiro atoms. The number of guanidine groups is 1. The van der Waals surface area contributed by atoms with Crippen LogP contribution in [0.15, 0.2) is 9.98 Å². The van der Waals surface area contributed by atoms with Gasteiger partial charge in [0.2, 0.25) is 0 Å². The van der Waals surface area contributed by atoms with E-state index in [9.17, 15) is 0 Å². The van der Waals surface area contributed by atoms with Crippen LogP contribution in [0.4, 0.5) is 0 Å². The first-order valence-electron chi connectivity index (χ1n) is 8.42. The molecule has 8 nitrogen and oxygen atoms in total. The molecular weight excluding hydrogens is 340 g/mol. The molecule has 0 amide bonds. The Morgan fingerprint density at radius 1 is 1.24 bits per heavy atom. The first-order valence-corrected chi connectivity index (χ1v) is 8.80. The molecule has 25 heavy (non-hydrogen) atoms. The summed E-state index contributed by atoms with van der Waals surface area (Å²) < 4.78 is 1.74. The smallest absolute Gasteiger partial charge is 0.197 e. The fourth-order valence-electron chi connectivity index (χ4n) is 2.85. The third kappa shape index (κ3) is 3.73. The topological polar surface area (TPSA) is 97.1 Å². The van der Waals surface area contributed by atoms with Gasteiger partial charge in [-0.3, -0.25) is 4.99 Å². The van der Waals surface area contributed by atoms with E-state index in [0.29, 0.717) is 41.3 Å². The van der Waals surface area contributed by atoms with Gasteiger partial charge in [0.25, 0.3) is 0 Å². The van der Waals surface area contributed by atoms with Crippen molar-refractivity contribution in [2.75, 3.05) is 20.1 Å². The summed E-state index contributed by atoms with van der Waals surface area (Å²) in [5, 5.41) is 4.89. The normalized spacial score (nSPS) is 16.2. The second-order valence-corrected chi connectivity index (χ2v) is 6.50. The summed E-state index contributed by atoms with van der Waals surface area (Å²) in [5.41, 5.74) is 8.52. The number of nitrogens with two attached hydrogens (primary N) is 1. The van der Waals surface area contributed by atoms with Crippen LogP contribution >= 0.6 is 11.6 Å². The third-order valence-corrected chi connectivity index (χ3v) is 4.70. The van der Waals surface area contributed by atoms with E-state index < -0.39 is 0 Å². The van der Waals surface area contributed by atoms with Crippen LogP contribution in [0.3, 0.4) is 0 Å². The molecule has 3 rings (SSSR count). The lowest BCUT2D eigenvalue weighted by molar-refractivity contribution is 0.514. The van der Waals surface area contributed by atoms with Crippen molar-refractivity contribution in [3.8, 4) is 0 Å². The van der Waals surface area contributed by atoms with Crippen molar-refractivity contribution >= 4 is 29.0 Å². The number of aliphatic imine (C=N–C) groups is 2. The van der Waals surface area contributed by atoms with E-state index >= 15 is 0 Å². The highest BCUT2D eigenvalue weighted by molar-refractivity contribution is 6.32. The fraction of sp³-hybridized carbons (Fsp3) is 0.562. The van der Waals surface area contributed by atoms with Gasteiger partial charge in [-0.05, 0) is 26.7 Å². The molecule has 0 aromatic carbocycles. The van der Waals surface area contributed by atoms with Gasteiger partial charge in [-0.25, -0.2) is 19.5 Å². The number of hydrogen-bond donors (Lipinski definition) is 1. The van der Waals surface area contributed by atoms with E-state index in [4.69, 9.17) is 17.3 Å². The molecule has 3 heterocycles. The third-order valence-electron chi connectivity index (χ3n) is 4.45. The maximum Gasteiger partial charge on any atom is 0.197 e. The van der Waals surface area contributed by atoms with Crippen LogP contribution in [0.25, 0.3) is 5.65 Å². The molecule has 9 heteroatoms. The first-order chi connectivity index (χ1) is 12.0. The molecule has 0 aliphatic carbocycles. The van der Waals surface area contributed by atoms with E-state index in [1.54, 1.807) is 11.6 Å². The highest BCUT2D eigenvalue weighted by Gasteiger charge is 2.15. The summed E-state index contributed by atoms with van der Waals surface area (Å²) in [5.74, 6) is 1.85. The van der Waals surface area contributed by atoms with Crippen molar-refractivity contribution in [1.29, 1.82) is 0 Å². The quantitative estimate of drug-likeness (QED) is 0.662. The van der Waals surface area contributed by atoms with Crippen LogP contribution in [-0.4, -0.2) is 56.4 Å². The Labute approximate surface area is 151 Å². The summed E-state index contributed by atoms with van der Waals surface area (Å²) in [6, 6.07) is 0. The minimum Gasteiger partial charge on any atom is -0.369 e. The molecule has 1 aliphatic heterocycles. The van der Waals surface area contributed by atoms with Crippen LogP contribution in [0, 0.1) is 13.8 Å². The van der Waals surface area contributed by atoms with Gasteiger partial charge >= 0.3 is 0 Å². The SMILES string of the molecule is CN=C(CCc1nc(Cl)c2nc(C)c(C)n2n1)N=C(N)N1CCCC1. The van der Waals surface area contributed by atoms with Gasteiger partial charge in [-0.15, -0.1) is 0 Å². The van der Waals surface area contributed by atoms with Gasteiger partial charge in [-0.2, -0.15) is 5.10 Å². The Kier molecular flexibility index (Phi) is 5.17. The van der Waals surface area contributed by atoms with Gasteiger partial charge < -0.3 is 10.6 Å². The van der Waals surface area contributed by atoms with Crippen molar-refractivity contribution in [3.63, 3.8) is 0 Å². The van der Waals surface area contributed by atoms with Crippen molar-refractivity contribution < 1.29 is 0 Å². The Hall–Kier alpha value is -2.22. The lowest BCUT2D eigenvalue weighted by Crippen LogP contribution is -2.35. The number of likely N-dealkylation sites (tertiary alicyclic amines) is 1. The molecule has 0 saturated carbocycles. The number of imidazole rings is 1. The average molecular weight is 363 g/mol.